The Morgan fingerprint density at radius 3 is 2.85 bits per heavy atom. The highest BCUT2D eigenvalue weighted by molar-refractivity contribution is 5.80. The number of amides is 2. The van der Waals surface area contributed by atoms with Gasteiger partial charge in [0.05, 0.1) is 6.33 Å². The van der Waals surface area contributed by atoms with E-state index in [4.69, 9.17) is 0 Å². The van der Waals surface area contributed by atoms with Gasteiger partial charge in [-0.2, -0.15) is 0 Å². The number of nitrogens with one attached hydrogen (secondary N) is 1. The topological polar surface area (TPSA) is 69.3 Å². The molecule has 0 bridgehead atoms. The first-order valence-corrected chi connectivity index (χ1v) is 10.2. The van der Waals surface area contributed by atoms with Gasteiger partial charge in [0.2, 0.25) is 11.8 Å². The van der Waals surface area contributed by atoms with Crippen molar-refractivity contribution in [1.82, 2.24) is 19.8 Å². The van der Waals surface area contributed by atoms with Crippen molar-refractivity contribution < 1.29 is 9.59 Å². The van der Waals surface area contributed by atoms with E-state index in [-0.39, 0.29) is 17.2 Å². The Balaban J connectivity index is 1.39. The minimum atomic E-state index is 0.106. The number of carbonyl (C=O) groups excluding carboxylic acids is 2. The van der Waals surface area contributed by atoms with Crippen LogP contribution < -0.4 is 0 Å². The fourth-order valence-electron chi connectivity index (χ4n) is 5.14. The maximum absolute atomic E-state index is 12.9. The molecule has 2 saturated heterocycles. The normalized spacial score (nSPS) is 27.5. The summed E-state index contributed by atoms with van der Waals surface area (Å²) in [6.45, 7) is 3.28. The molecule has 3 aliphatic rings. The molecule has 0 aromatic carbocycles. The zero-order valence-corrected chi connectivity index (χ0v) is 15.6. The van der Waals surface area contributed by atoms with Crippen molar-refractivity contribution >= 4 is 11.8 Å². The standard InChI is InChI=1S/C20H30N4O2/c25-18-6-9-20(13-23(18)11-7-17-12-21-15-22-17)8-3-10-24(14-20)19(26)16-4-1-2-5-16/h12,15-16H,1-11,13-14H2,(H,21,22). The molecule has 1 unspecified atom stereocenters. The Morgan fingerprint density at radius 1 is 1.23 bits per heavy atom. The first-order chi connectivity index (χ1) is 12.7. The summed E-state index contributed by atoms with van der Waals surface area (Å²) in [5.41, 5.74) is 1.17. The zero-order chi connectivity index (χ0) is 18.0. The molecular formula is C20H30N4O2. The van der Waals surface area contributed by atoms with Crippen molar-refractivity contribution in [2.45, 2.75) is 57.8 Å². The summed E-state index contributed by atoms with van der Waals surface area (Å²) in [5.74, 6) is 0.892. The molecule has 3 fully saturated rings. The number of nitrogens with zero attached hydrogens (tertiary/aromatic N) is 3. The molecule has 4 rings (SSSR count). The Morgan fingerprint density at radius 2 is 2.08 bits per heavy atom. The fourth-order valence-corrected chi connectivity index (χ4v) is 5.14. The van der Waals surface area contributed by atoms with Crippen molar-refractivity contribution in [1.29, 1.82) is 0 Å². The molecule has 2 amide bonds. The number of imidazole rings is 1. The second-order valence-electron chi connectivity index (χ2n) is 8.49. The lowest BCUT2D eigenvalue weighted by molar-refractivity contribution is -0.145. The molecule has 2 aliphatic heterocycles. The molecule has 3 heterocycles. The molecule has 1 saturated carbocycles. The number of carbonyl (C=O) groups is 2. The number of likely N-dealkylation sites (tertiary alicyclic amines) is 2. The third kappa shape index (κ3) is 3.64. The fraction of sp³-hybridized carbons (Fsp3) is 0.750. The molecule has 1 spiro atoms. The number of piperidine rings is 2. The predicted molar refractivity (Wildman–Crippen MR) is 98.3 cm³/mol. The summed E-state index contributed by atoms with van der Waals surface area (Å²) in [7, 11) is 0. The van der Waals surface area contributed by atoms with Crippen molar-refractivity contribution in [3.8, 4) is 0 Å². The first kappa shape index (κ1) is 17.6. The summed E-state index contributed by atoms with van der Waals surface area (Å²) in [5, 5.41) is 0. The highest BCUT2D eigenvalue weighted by atomic mass is 16.2. The van der Waals surface area contributed by atoms with E-state index in [1.807, 2.05) is 11.1 Å². The number of H-pyrrole nitrogens is 1. The number of hydrogen-bond donors (Lipinski definition) is 1. The van der Waals surface area contributed by atoms with Crippen LogP contribution in [0.25, 0.3) is 0 Å². The molecule has 6 nitrogen and oxygen atoms in total. The van der Waals surface area contributed by atoms with Crippen molar-refractivity contribution in [3.63, 3.8) is 0 Å². The van der Waals surface area contributed by atoms with Gasteiger partial charge in [-0.1, -0.05) is 12.8 Å². The molecular weight excluding hydrogens is 328 g/mol. The van der Waals surface area contributed by atoms with E-state index < -0.39 is 0 Å². The van der Waals surface area contributed by atoms with Crippen molar-refractivity contribution in [2.75, 3.05) is 26.2 Å². The summed E-state index contributed by atoms with van der Waals surface area (Å²) in [6.07, 6.45) is 12.6. The van der Waals surface area contributed by atoms with E-state index in [0.29, 0.717) is 12.3 Å². The van der Waals surface area contributed by atoms with Gasteiger partial charge in [-0.15, -0.1) is 0 Å². The third-order valence-corrected chi connectivity index (χ3v) is 6.63. The van der Waals surface area contributed by atoms with E-state index in [2.05, 4.69) is 14.9 Å². The van der Waals surface area contributed by atoms with Crippen LogP contribution in [-0.4, -0.2) is 57.8 Å². The van der Waals surface area contributed by atoms with Gasteiger partial charge in [0, 0.05) is 62.2 Å². The number of aromatic nitrogens is 2. The van der Waals surface area contributed by atoms with Crippen LogP contribution in [0, 0.1) is 11.3 Å². The van der Waals surface area contributed by atoms with Crippen LogP contribution in [0.3, 0.4) is 0 Å². The number of aromatic amines is 1. The van der Waals surface area contributed by atoms with Crippen molar-refractivity contribution in [2.24, 2.45) is 11.3 Å². The lowest BCUT2D eigenvalue weighted by Crippen LogP contribution is -2.56. The van der Waals surface area contributed by atoms with Crippen LogP contribution in [0.15, 0.2) is 12.5 Å². The Labute approximate surface area is 155 Å². The second-order valence-corrected chi connectivity index (χ2v) is 8.49. The molecule has 6 heteroatoms. The molecule has 142 valence electrons. The summed E-state index contributed by atoms with van der Waals surface area (Å²) < 4.78 is 0. The zero-order valence-electron chi connectivity index (χ0n) is 15.6. The van der Waals surface area contributed by atoms with Crippen LogP contribution in [0.4, 0.5) is 0 Å². The van der Waals surface area contributed by atoms with Crippen LogP contribution in [0.2, 0.25) is 0 Å². The maximum Gasteiger partial charge on any atom is 0.225 e. The molecule has 1 aliphatic carbocycles. The quantitative estimate of drug-likeness (QED) is 0.898. The van der Waals surface area contributed by atoms with E-state index in [0.717, 1.165) is 70.4 Å². The van der Waals surface area contributed by atoms with Gasteiger partial charge in [-0.25, -0.2) is 4.98 Å². The molecule has 1 aromatic rings. The minimum Gasteiger partial charge on any atom is -0.348 e. The first-order valence-electron chi connectivity index (χ1n) is 10.2. The largest absolute Gasteiger partial charge is 0.348 e. The Bertz CT molecular complexity index is 638. The molecule has 0 radical (unpaired) electrons. The van der Waals surface area contributed by atoms with Gasteiger partial charge < -0.3 is 14.8 Å². The van der Waals surface area contributed by atoms with Gasteiger partial charge in [0.25, 0.3) is 0 Å². The maximum atomic E-state index is 12.9. The lowest BCUT2D eigenvalue weighted by Gasteiger charge is -2.48. The average molecular weight is 358 g/mol. The van der Waals surface area contributed by atoms with Gasteiger partial charge >= 0.3 is 0 Å². The van der Waals surface area contributed by atoms with Crippen LogP contribution in [0.5, 0.6) is 0 Å². The van der Waals surface area contributed by atoms with Gasteiger partial charge in [-0.3, -0.25) is 9.59 Å². The predicted octanol–water partition coefficient (Wildman–Crippen LogP) is 2.37. The molecule has 1 N–H and O–H groups in total. The van der Waals surface area contributed by atoms with Crippen LogP contribution in [0.1, 0.15) is 57.1 Å². The van der Waals surface area contributed by atoms with Crippen LogP contribution in [-0.2, 0) is 16.0 Å². The summed E-state index contributed by atoms with van der Waals surface area (Å²) in [4.78, 5) is 36.6. The lowest BCUT2D eigenvalue weighted by atomic mass is 9.73. The SMILES string of the molecule is O=C1CCC2(CCCN(C(=O)C3CCCC3)C2)CN1CCc1cnc[nH]1. The summed E-state index contributed by atoms with van der Waals surface area (Å²) >= 11 is 0. The number of rotatable bonds is 4. The Hall–Kier alpha value is -1.85. The Kier molecular flexibility index (Phi) is 5.00. The van der Waals surface area contributed by atoms with Gasteiger partial charge in [-0.05, 0) is 32.1 Å². The molecule has 1 aromatic heterocycles. The van der Waals surface area contributed by atoms with E-state index in [9.17, 15) is 9.59 Å². The summed E-state index contributed by atoms with van der Waals surface area (Å²) in [6, 6.07) is 0. The minimum absolute atomic E-state index is 0.106. The highest BCUT2D eigenvalue weighted by Crippen LogP contribution is 2.40. The average Bonchev–Trinajstić information content (AvgIpc) is 3.36. The number of hydrogen-bond acceptors (Lipinski definition) is 3. The van der Waals surface area contributed by atoms with E-state index in [1.165, 1.54) is 12.8 Å². The smallest absolute Gasteiger partial charge is 0.225 e. The van der Waals surface area contributed by atoms with Gasteiger partial charge in [0.15, 0.2) is 0 Å². The highest BCUT2D eigenvalue weighted by Gasteiger charge is 2.43. The molecule has 1 atom stereocenters. The van der Waals surface area contributed by atoms with Gasteiger partial charge in [0.1, 0.15) is 0 Å². The second kappa shape index (κ2) is 7.41. The third-order valence-electron chi connectivity index (χ3n) is 6.63. The monoisotopic (exact) mass is 358 g/mol. The molecule has 26 heavy (non-hydrogen) atoms. The van der Waals surface area contributed by atoms with Crippen molar-refractivity contribution in [3.05, 3.63) is 18.2 Å². The van der Waals surface area contributed by atoms with E-state index >= 15 is 0 Å². The van der Waals surface area contributed by atoms with E-state index in [1.54, 1.807) is 6.33 Å². The van der Waals surface area contributed by atoms with Crippen LogP contribution >= 0.6 is 0 Å².